The molecule has 3 heteroatoms. The molecule has 1 aromatic rings. The lowest BCUT2D eigenvalue weighted by Gasteiger charge is -2.02. The van der Waals surface area contributed by atoms with E-state index in [4.69, 9.17) is 5.11 Å². The predicted octanol–water partition coefficient (Wildman–Crippen LogP) is 5.80. The molecule has 0 aliphatic carbocycles. The first-order chi connectivity index (χ1) is 11.8. The fraction of sp³-hybridized carbons (Fsp3) is 0.619. The summed E-state index contributed by atoms with van der Waals surface area (Å²) in [5.41, 5.74) is 0.894. The number of benzene rings is 1. The molecule has 0 aromatic heterocycles. The first kappa shape index (κ1) is 21.1. The molecule has 1 N–H and O–H groups in total. The molecule has 0 fully saturated rings. The van der Waals surface area contributed by atoms with E-state index in [0.717, 1.165) is 30.6 Å². The second kappa shape index (κ2) is 15.5. The number of aliphatic hydroxyl groups excluding tert-OH is 1. The SMILES string of the molecule is OCCCSCCCCCCCCCCC#Cc1ccc(F)cc1. The first-order valence-electron chi connectivity index (χ1n) is 9.26. The quantitative estimate of drug-likeness (QED) is 0.358. The number of hydrogen-bond acceptors (Lipinski definition) is 2. The van der Waals surface area contributed by atoms with Crippen molar-refractivity contribution in [3.63, 3.8) is 0 Å². The molecule has 0 bridgehead atoms. The van der Waals surface area contributed by atoms with E-state index < -0.39 is 0 Å². The molecule has 0 radical (unpaired) electrons. The summed E-state index contributed by atoms with van der Waals surface area (Å²) in [6.07, 6.45) is 12.3. The van der Waals surface area contributed by atoms with Gasteiger partial charge in [0, 0.05) is 18.6 Å². The smallest absolute Gasteiger partial charge is 0.123 e. The monoisotopic (exact) mass is 350 g/mol. The Morgan fingerprint density at radius 2 is 1.38 bits per heavy atom. The maximum absolute atomic E-state index is 12.8. The molecule has 1 nitrogen and oxygen atoms in total. The van der Waals surface area contributed by atoms with Crippen molar-refractivity contribution in [2.24, 2.45) is 0 Å². The second-order valence-electron chi connectivity index (χ2n) is 6.08. The lowest BCUT2D eigenvalue weighted by atomic mass is 10.1. The number of thioether (sulfide) groups is 1. The van der Waals surface area contributed by atoms with Crippen LogP contribution in [0, 0.1) is 17.7 Å². The third-order valence-corrected chi connectivity index (χ3v) is 5.02. The van der Waals surface area contributed by atoms with Crippen LogP contribution in [0.3, 0.4) is 0 Å². The summed E-state index contributed by atoms with van der Waals surface area (Å²) in [7, 11) is 0. The van der Waals surface area contributed by atoms with Gasteiger partial charge in [-0.2, -0.15) is 11.8 Å². The van der Waals surface area contributed by atoms with Crippen molar-refractivity contribution < 1.29 is 9.50 Å². The van der Waals surface area contributed by atoms with Gasteiger partial charge in [-0.1, -0.05) is 50.4 Å². The molecule has 0 heterocycles. The van der Waals surface area contributed by atoms with Gasteiger partial charge in [0.05, 0.1) is 0 Å². The average Bonchev–Trinajstić information content (AvgIpc) is 2.60. The van der Waals surface area contributed by atoms with Gasteiger partial charge in [0.2, 0.25) is 0 Å². The van der Waals surface area contributed by atoms with E-state index in [1.807, 2.05) is 11.8 Å². The van der Waals surface area contributed by atoms with E-state index in [-0.39, 0.29) is 5.82 Å². The van der Waals surface area contributed by atoms with Gasteiger partial charge >= 0.3 is 0 Å². The van der Waals surface area contributed by atoms with Crippen LogP contribution in [0.1, 0.15) is 69.8 Å². The van der Waals surface area contributed by atoms with Gasteiger partial charge < -0.3 is 5.11 Å². The van der Waals surface area contributed by atoms with Crippen LogP contribution < -0.4 is 0 Å². The van der Waals surface area contributed by atoms with Crippen LogP contribution in [0.2, 0.25) is 0 Å². The largest absolute Gasteiger partial charge is 0.396 e. The second-order valence-corrected chi connectivity index (χ2v) is 7.30. The first-order valence-corrected chi connectivity index (χ1v) is 10.4. The number of halogens is 1. The molecule has 0 saturated heterocycles. The third kappa shape index (κ3) is 12.4. The van der Waals surface area contributed by atoms with E-state index >= 15 is 0 Å². The Morgan fingerprint density at radius 1 is 0.792 bits per heavy atom. The zero-order valence-corrected chi connectivity index (χ0v) is 15.6. The summed E-state index contributed by atoms with van der Waals surface area (Å²) >= 11 is 1.96. The molecular formula is C21H31FOS. The molecule has 0 unspecified atom stereocenters. The number of aliphatic hydroxyl groups is 1. The molecule has 1 rings (SSSR count). The van der Waals surface area contributed by atoms with Crippen LogP contribution in [0.5, 0.6) is 0 Å². The summed E-state index contributed by atoms with van der Waals surface area (Å²) in [5, 5.41) is 8.69. The van der Waals surface area contributed by atoms with Gasteiger partial charge in [0.1, 0.15) is 5.82 Å². The summed E-state index contributed by atoms with van der Waals surface area (Å²) in [4.78, 5) is 0. The van der Waals surface area contributed by atoms with Gasteiger partial charge in [-0.15, -0.1) is 0 Å². The van der Waals surface area contributed by atoms with Crippen LogP contribution in [-0.2, 0) is 0 Å². The van der Waals surface area contributed by atoms with Crippen molar-refractivity contribution in [2.75, 3.05) is 18.1 Å². The maximum atomic E-state index is 12.8. The average molecular weight is 351 g/mol. The van der Waals surface area contributed by atoms with E-state index in [0.29, 0.717) is 6.61 Å². The Hall–Kier alpha value is -0.980. The summed E-state index contributed by atoms with van der Waals surface area (Å²) in [6.45, 7) is 0.324. The molecule has 1 aromatic carbocycles. The van der Waals surface area contributed by atoms with Crippen molar-refractivity contribution in [3.05, 3.63) is 35.6 Å². The lowest BCUT2D eigenvalue weighted by molar-refractivity contribution is 0.296. The minimum atomic E-state index is -0.207. The van der Waals surface area contributed by atoms with E-state index in [2.05, 4.69) is 11.8 Å². The highest BCUT2D eigenvalue weighted by Gasteiger charge is 1.93. The molecule has 0 amide bonds. The molecule has 0 aliphatic rings. The molecule has 0 atom stereocenters. The predicted molar refractivity (Wildman–Crippen MR) is 104 cm³/mol. The minimum Gasteiger partial charge on any atom is -0.396 e. The number of hydrogen-bond donors (Lipinski definition) is 1. The van der Waals surface area contributed by atoms with Crippen LogP contribution in [0.25, 0.3) is 0 Å². The van der Waals surface area contributed by atoms with Crippen LogP contribution in [-0.4, -0.2) is 23.2 Å². The molecular weight excluding hydrogens is 319 g/mol. The van der Waals surface area contributed by atoms with E-state index in [1.54, 1.807) is 12.1 Å². The number of unbranched alkanes of at least 4 members (excludes halogenated alkanes) is 8. The normalized spacial score (nSPS) is 10.4. The summed E-state index contributed by atoms with van der Waals surface area (Å²) < 4.78 is 12.8. The third-order valence-electron chi connectivity index (χ3n) is 3.86. The lowest BCUT2D eigenvalue weighted by Crippen LogP contribution is -1.88. The zero-order valence-electron chi connectivity index (χ0n) is 14.7. The standard InChI is InChI=1S/C21H31FOS/c22-21-15-13-20(14-16-21)12-9-7-5-3-1-2-4-6-8-10-18-24-19-11-17-23/h13-16,23H,1-8,10-11,17-19H2. The Bertz CT molecular complexity index is 461. The van der Waals surface area contributed by atoms with Crippen molar-refractivity contribution in [1.82, 2.24) is 0 Å². The molecule has 0 saturated carbocycles. The van der Waals surface area contributed by atoms with Gasteiger partial charge in [-0.25, -0.2) is 4.39 Å². The Kier molecular flexibility index (Phi) is 13.6. The molecule has 134 valence electrons. The topological polar surface area (TPSA) is 20.2 Å². The van der Waals surface area contributed by atoms with Gasteiger partial charge in [0.15, 0.2) is 0 Å². The maximum Gasteiger partial charge on any atom is 0.123 e. The Labute approximate surface area is 151 Å². The highest BCUT2D eigenvalue weighted by atomic mass is 32.2. The van der Waals surface area contributed by atoms with Gasteiger partial charge in [0.25, 0.3) is 0 Å². The highest BCUT2D eigenvalue weighted by molar-refractivity contribution is 7.99. The number of rotatable bonds is 13. The zero-order chi connectivity index (χ0) is 17.3. The molecule has 0 aliphatic heterocycles. The van der Waals surface area contributed by atoms with Gasteiger partial charge in [-0.05, 0) is 55.0 Å². The van der Waals surface area contributed by atoms with E-state index in [9.17, 15) is 4.39 Å². The van der Waals surface area contributed by atoms with Crippen molar-refractivity contribution in [1.29, 1.82) is 0 Å². The van der Waals surface area contributed by atoms with Crippen molar-refractivity contribution in [3.8, 4) is 11.8 Å². The van der Waals surface area contributed by atoms with Crippen molar-refractivity contribution >= 4 is 11.8 Å². The van der Waals surface area contributed by atoms with Crippen LogP contribution >= 0.6 is 11.8 Å². The van der Waals surface area contributed by atoms with Crippen molar-refractivity contribution in [2.45, 2.75) is 64.2 Å². The Balaban J connectivity index is 1.83. The fourth-order valence-corrected chi connectivity index (χ4v) is 3.39. The highest BCUT2D eigenvalue weighted by Crippen LogP contribution is 2.12. The molecule has 24 heavy (non-hydrogen) atoms. The van der Waals surface area contributed by atoms with Gasteiger partial charge in [-0.3, -0.25) is 0 Å². The minimum absolute atomic E-state index is 0.207. The van der Waals surface area contributed by atoms with E-state index in [1.165, 1.54) is 62.8 Å². The summed E-state index contributed by atoms with van der Waals surface area (Å²) in [5.74, 6) is 8.39. The Morgan fingerprint density at radius 3 is 2.04 bits per heavy atom. The van der Waals surface area contributed by atoms with Crippen LogP contribution in [0.4, 0.5) is 4.39 Å². The molecule has 0 spiro atoms. The summed E-state index contributed by atoms with van der Waals surface area (Å²) in [6, 6.07) is 6.37. The fourth-order valence-electron chi connectivity index (χ4n) is 2.44. The van der Waals surface area contributed by atoms with Crippen LogP contribution in [0.15, 0.2) is 24.3 Å².